The van der Waals surface area contributed by atoms with E-state index in [9.17, 15) is 4.79 Å². The van der Waals surface area contributed by atoms with Crippen molar-refractivity contribution >= 4 is 5.97 Å². The highest BCUT2D eigenvalue weighted by molar-refractivity contribution is 5.73. The topological polar surface area (TPSA) is 43.8 Å². The molecule has 1 fully saturated rings. The monoisotopic (exact) mass is 256 g/mol. The largest absolute Gasteiger partial charge is 0.481 e. The molecule has 0 bridgehead atoms. The molecule has 106 valence electrons. The molecule has 0 radical (unpaired) electrons. The lowest BCUT2D eigenvalue weighted by atomic mass is 9.88. The molecule has 0 aromatic carbocycles. The molecule has 1 N–H and O–H groups in total. The average Bonchev–Trinajstić information content (AvgIpc) is 2.29. The molecule has 4 nitrogen and oxygen atoms in total. The summed E-state index contributed by atoms with van der Waals surface area (Å²) < 4.78 is 0. The van der Waals surface area contributed by atoms with Gasteiger partial charge in [-0.15, -0.1) is 0 Å². The second-order valence-electron chi connectivity index (χ2n) is 6.35. The van der Waals surface area contributed by atoms with Gasteiger partial charge in [0.25, 0.3) is 0 Å². The van der Waals surface area contributed by atoms with Crippen molar-refractivity contribution in [3.63, 3.8) is 0 Å². The molecule has 1 saturated heterocycles. The number of carboxylic acid groups (broad SMARTS) is 1. The van der Waals surface area contributed by atoms with E-state index in [0.29, 0.717) is 6.04 Å². The number of aliphatic carboxylic acids is 1. The third-order valence-corrected chi connectivity index (χ3v) is 4.07. The van der Waals surface area contributed by atoms with Crippen molar-refractivity contribution in [1.82, 2.24) is 9.80 Å². The second-order valence-corrected chi connectivity index (χ2v) is 6.35. The molecule has 1 heterocycles. The first kappa shape index (κ1) is 15.4. The zero-order valence-corrected chi connectivity index (χ0v) is 12.3. The zero-order chi connectivity index (χ0) is 13.8. The molecule has 0 aromatic rings. The molecular formula is C14H28N2O2. The number of nitrogens with zero attached hydrogens (tertiary/aromatic N) is 2. The lowest BCUT2D eigenvalue weighted by Gasteiger charge is -2.36. The Bertz CT molecular complexity index is 277. The summed E-state index contributed by atoms with van der Waals surface area (Å²) in [6.45, 7) is 6.95. The van der Waals surface area contributed by atoms with Crippen LogP contribution in [0.4, 0.5) is 0 Å². The molecule has 1 rings (SSSR count). The van der Waals surface area contributed by atoms with Crippen LogP contribution in [0.15, 0.2) is 0 Å². The second kappa shape index (κ2) is 6.53. The van der Waals surface area contributed by atoms with E-state index in [2.05, 4.69) is 23.9 Å². The van der Waals surface area contributed by atoms with Crippen LogP contribution in [0.5, 0.6) is 0 Å². The molecule has 4 heteroatoms. The fourth-order valence-electron chi connectivity index (χ4n) is 2.51. The Hall–Kier alpha value is -0.610. The predicted molar refractivity (Wildman–Crippen MR) is 73.8 cm³/mol. The van der Waals surface area contributed by atoms with Crippen LogP contribution in [-0.2, 0) is 4.79 Å². The Morgan fingerprint density at radius 3 is 2.67 bits per heavy atom. The highest BCUT2D eigenvalue weighted by Gasteiger charge is 2.27. The van der Waals surface area contributed by atoms with E-state index in [4.69, 9.17) is 5.11 Å². The first-order chi connectivity index (χ1) is 8.33. The number of hydrogen-bond acceptors (Lipinski definition) is 3. The molecule has 1 aliphatic heterocycles. The summed E-state index contributed by atoms with van der Waals surface area (Å²) in [6.07, 6.45) is 4.26. The average molecular weight is 256 g/mol. The van der Waals surface area contributed by atoms with Crippen LogP contribution in [0.1, 0.15) is 39.5 Å². The van der Waals surface area contributed by atoms with Gasteiger partial charge in [0, 0.05) is 12.6 Å². The van der Waals surface area contributed by atoms with Crippen molar-refractivity contribution in [2.75, 3.05) is 33.7 Å². The van der Waals surface area contributed by atoms with E-state index in [1.807, 2.05) is 13.8 Å². The Balaban J connectivity index is 2.29. The highest BCUT2D eigenvalue weighted by Crippen LogP contribution is 2.23. The van der Waals surface area contributed by atoms with Gasteiger partial charge in [-0.1, -0.05) is 0 Å². The van der Waals surface area contributed by atoms with E-state index in [1.165, 1.54) is 12.8 Å². The first-order valence-corrected chi connectivity index (χ1v) is 6.95. The third kappa shape index (κ3) is 4.58. The molecule has 0 saturated carbocycles. The minimum absolute atomic E-state index is 0.587. The molecule has 1 aliphatic rings. The maximum Gasteiger partial charge on any atom is 0.309 e. The van der Waals surface area contributed by atoms with Gasteiger partial charge >= 0.3 is 5.97 Å². The lowest BCUT2D eigenvalue weighted by Crippen LogP contribution is -2.45. The zero-order valence-electron chi connectivity index (χ0n) is 12.3. The van der Waals surface area contributed by atoms with Crippen molar-refractivity contribution in [2.24, 2.45) is 5.41 Å². The van der Waals surface area contributed by atoms with Crippen LogP contribution >= 0.6 is 0 Å². The van der Waals surface area contributed by atoms with E-state index >= 15 is 0 Å². The fraction of sp³-hybridized carbons (Fsp3) is 0.929. The SMILES string of the molecule is CN(C)C1CCCN(CCCC(C)(C)C(=O)O)C1. The van der Waals surface area contributed by atoms with Crippen LogP contribution in [0.25, 0.3) is 0 Å². The van der Waals surface area contributed by atoms with Crippen LogP contribution in [0.3, 0.4) is 0 Å². The van der Waals surface area contributed by atoms with Gasteiger partial charge in [-0.25, -0.2) is 0 Å². The van der Waals surface area contributed by atoms with Gasteiger partial charge in [0.15, 0.2) is 0 Å². The van der Waals surface area contributed by atoms with Gasteiger partial charge in [-0.2, -0.15) is 0 Å². The summed E-state index contributed by atoms with van der Waals surface area (Å²) in [6, 6.07) is 0.659. The standard InChI is InChI=1S/C14H28N2O2/c1-14(2,13(17)18)8-6-10-16-9-5-7-12(11-16)15(3)4/h12H,5-11H2,1-4H3,(H,17,18). The van der Waals surface area contributed by atoms with Crippen molar-refractivity contribution in [3.05, 3.63) is 0 Å². The molecule has 0 amide bonds. The Kier molecular flexibility index (Phi) is 5.60. The quantitative estimate of drug-likeness (QED) is 0.788. The third-order valence-electron chi connectivity index (χ3n) is 4.07. The van der Waals surface area contributed by atoms with Crippen molar-refractivity contribution in [1.29, 1.82) is 0 Å². The van der Waals surface area contributed by atoms with Gasteiger partial charge in [0.1, 0.15) is 0 Å². The van der Waals surface area contributed by atoms with Gasteiger partial charge < -0.3 is 14.9 Å². The number of carboxylic acids is 1. The summed E-state index contributed by atoms with van der Waals surface area (Å²) in [5, 5.41) is 9.07. The summed E-state index contributed by atoms with van der Waals surface area (Å²) in [5.74, 6) is -0.688. The fourth-order valence-corrected chi connectivity index (χ4v) is 2.51. The van der Waals surface area contributed by atoms with E-state index < -0.39 is 11.4 Å². The van der Waals surface area contributed by atoms with Crippen LogP contribution in [-0.4, -0.2) is 60.6 Å². The Morgan fingerprint density at radius 2 is 2.11 bits per heavy atom. The first-order valence-electron chi connectivity index (χ1n) is 6.95. The maximum absolute atomic E-state index is 11.0. The van der Waals surface area contributed by atoms with Crippen molar-refractivity contribution in [3.8, 4) is 0 Å². The van der Waals surface area contributed by atoms with E-state index in [0.717, 1.165) is 32.5 Å². The van der Waals surface area contributed by atoms with Gasteiger partial charge in [0.05, 0.1) is 5.41 Å². The predicted octanol–water partition coefficient (Wildman–Crippen LogP) is 1.90. The van der Waals surface area contributed by atoms with E-state index in [1.54, 1.807) is 0 Å². The summed E-state index contributed by atoms with van der Waals surface area (Å²) in [5.41, 5.74) is -0.587. The Morgan fingerprint density at radius 1 is 1.44 bits per heavy atom. The Labute approximate surface area is 111 Å². The molecule has 0 spiro atoms. The highest BCUT2D eigenvalue weighted by atomic mass is 16.4. The molecule has 0 aromatic heterocycles. The number of likely N-dealkylation sites (N-methyl/N-ethyl adjacent to an activating group) is 1. The lowest BCUT2D eigenvalue weighted by molar-refractivity contribution is -0.147. The maximum atomic E-state index is 11.0. The van der Waals surface area contributed by atoms with Crippen molar-refractivity contribution in [2.45, 2.75) is 45.6 Å². The number of hydrogen-bond donors (Lipinski definition) is 1. The number of likely N-dealkylation sites (tertiary alicyclic amines) is 1. The van der Waals surface area contributed by atoms with E-state index in [-0.39, 0.29) is 0 Å². The summed E-state index contributed by atoms with van der Waals surface area (Å²) in [7, 11) is 4.28. The smallest absolute Gasteiger partial charge is 0.309 e. The normalized spacial score (nSPS) is 22.4. The number of carbonyl (C=O) groups is 1. The van der Waals surface area contributed by atoms with Crippen LogP contribution in [0.2, 0.25) is 0 Å². The number of piperidine rings is 1. The summed E-state index contributed by atoms with van der Waals surface area (Å²) in [4.78, 5) is 15.8. The molecule has 1 unspecified atom stereocenters. The van der Waals surface area contributed by atoms with Crippen LogP contribution < -0.4 is 0 Å². The van der Waals surface area contributed by atoms with Crippen LogP contribution in [0, 0.1) is 5.41 Å². The number of rotatable bonds is 6. The minimum atomic E-state index is -0.688. The van der Waals surface area contributed by atoms with Gasteiger partial charge in [-0.05, 0) is 66.7 Å². The van der Waals surface area contributed by atoms with Crippen molar-refractivity contribution < 1.29 is 9.90 Å². The molecule has 18 heavy (non-hydrogen) atoms. The minimum Gasteiger partial charge on any atom is -0.481 e. The molecule has 1 atom stereocenters. The van der Waals surface area contributed by atoms with Gasteiger partial charge in [0.2, 0.25) is 0 Å². The molecular weight excluding hydrogens is 228 g/mol. The van der Waals surface area contributed by atoms with Gasteiger partial charge in [-0.3, -0.25) is 4.79 Å². The summed E-state index contributed by atoms with van der Waals surface area (Å²) >= 11 is 0. The molecule has 0 aliphatic carbocycles.